The van der Waals surface area contributed by atoms with Crippen LogP contribution >= 0.6 is 11.6 Å². The van der Waals surface area contributed by atoms with E-state index in [2.05, 4.69) is 16.3 Å². The summed E-state index contributed by atoms with van der Waals surface area (Å²) in [6, 6.07) is 8.07. The Hall–Kier alpha value is -1.26. The van der Waals surface area contributed by atoms with Crippen LogP contribution in [-0.4, -0.2) is 35.7 Å². The molecule has 1 aromatic carbocycles. The van der Waals surface area contributed by atoms with Crippen LogP contribution < -0.4 is 5.32 Å². The van der Waals surface area contributed by atoms with Gasteiger partial charge in [0.15, 0.2) is 0 Å². The van der Waals surface area contributed by atoms with E-state index in [-0.39, 0.29) is 12.1 Å². The Morgan fingerprint density at radius 2 is 2.23 bits per heavy atom. The minimum atomic E-state index is -0.459. The normalized spacial score (nSPS) is 19.7. The summed E-state index contributed by atoms with van der Waals surface area (Å²) in [6.45, 7) is 8.36. The SMILES string of the molecule is CC(C)(C)OC(=O)NC1CCCN(Cc2cccc(Cl)c2)C1. The average molecular weight is 325 g/mol. The Morgan fingerprint density at radius 1 is 1.45 bits per heavy atom. The van der Waals surface area contributed by atoms with Gasteiger partial charge in [-0.25, -0.2) is 4.79 Å². The highest BCUT2D eigenvalue weighted by atomic mass is 35.5. The van der Waals surface area contributed by atoms with Gasteiger partial charge in [0.05, 0.1) is 0 Å². The lowest BCUT2D eigenvalue weighted by Crippen LogP contribution is -2.48. The molecule has 0 saturated carbocycles. The van der Waals surface area contributed by atoms with Gasteiger partial charge in [-0.3, -0.25) is 4.90 Å². The van der Waals surface area contributed by atoms with E-state index in [1.54, 1.807) is 0 Å². The van der Waals surface area contributed by atoms with Crippen LogP contribution in [0.15, 0.2) is 24.3 Å². The molecule has 1 heterocycles. The summed E-state index contributed by atoms with van der Waals surface area (Å²) in [5.74, 6) is 0. The van der Waals surface area contributed by atoms with Crippen LogP contribution in [0.5, 0.6) is 0 Å². The summed E-state index contributed by atoms with van der Waals surface area (Å²) < 4.78 is 5.32. The Labute approximate surface area is 137 Å². The van der Waals surface area contributed by atoms with E-state index in [9.17, 15) is 4.79 Å². The number of amides is 1. The van der Waals surface area contributed by atoms with Gasteiger partial charge in [-0.15, -0.1) is 0 Å². The number of rotatable bonds is 3. The lowest BCUT2D eigenvalue weighted by molar-refractivity contribution is 0.0470. The van der Waals surface area contributed by atoms with Crippen LogP contribution in [0, 0.1) is 0 Å². The number of carbonyl (C=O) groups is 1. The van der Waals surface area contributed by atoms with E-state index in [1.165, 1.54) is 5.56 Å². The first-order valence-corrected chi connectivity index (χ1v) is 8.16. The Morgan fingerprint density at radius 3 is 2.91 bits per heavy atom. The topological polar surface area (TPSA) is 41.6 Å². The Bertz CT molecular complexity index is 514. The third kappa shape index (κ3) is 5.85. The molecule has 122 valence electrons. The second kappa shape index (κ2) is 7.34. The third-order valence-corrected chi connectivity index (χ3v) is 3.76. The molecule has 1 aliphatic heterocycles. The lowest BCUT2D eigenvalue weighted by Gasteiger charge is -2.33. The molecule has 0 aromatic heterocycles. The van der Waals surface area contributed by atoms with Gasteiger partial charge in [-0.2, -0.15) is 0 Å². The fraction of sp³-hybridized carbons (Fsp3) is 0.588. The molecule has 1 saturated heterocycles. The van der Waals surface area contributed by atoms with Crippen LogP contribution in [0.25, 0.3) is 0 Å². The highest BCUT2D eigenvalue weighted by Crippen LogP contribution is 2.17. The lowest BCUT2D eigenvalue weighted by atomic mass is 10.0. The maximum absolute atomic E-state index is 11.9. The zero-order valence-corrected chi connectivity index (χ0v) is 14.3. The zero-order chi connectivity index (χ0) is 16.2. The van der Waals surface area contributed by atoms with Crippen molar-refractivity contribution in [2.24, 2.45) is 0 Å². The van der Waals surface area contributed by atoms with Crippen LogP contribution in [0.4, 0.5) is 4.79 Å². The molecule has 1 aromatic rings. The average Bonchev–Trinajstić information content (AvgIpc) is 2.36. The number of likely N-dealkylation sites (tertiary alicyclic amines) is 1. The van der Waals surface area contributed by atoms with Crippen molar-refractivity contribution in [2.75, 3.05) is 13.1 Å². The molecule has 22 heavy (non-hydrogen) atoms. The first kappa shape index (κ1) is 17.1. The van der Waals surface area contributed by atoms with E-state index in [4.69, 9.17) is 16.3 Å². The van der Waals surface area contributed by atoms with Crippen LogP contribution in [0.1, 0.15) is 39.2 Å². The number of carbonyl (C=O) groups excluding carboxylic acids is 1. The molecule has 0 bridgehead atoms. The number of nitrogens with one attached hydrogen (secondary N) is 1. The third-order valence-electron chi connectivity index (χ3n) is 3.52. The highest BCUT2D eigenvalue weighted by molar-refractivity contribution is 6.30. The molecule has 1 fully saturated rings. The fourth-order valence-electron chi connectivity index (χ4n) is 2.68. The molecule has 1 N–H and O–H groups in total. The molecular weight excluding hydrogens is 300 g/mol. The highest BCUT2D eigenvalue weighted by Gasteiger charge is 2.24. The molecule has 1 amide bonds. The van der Waals surface area contributed by atoms with Crippen molar-refractivity contribution in [3.8, 4) is 0 Å². The van der Waals surface area contributed by atoms with Gasteiger partial charge >= 0.3 is 6.09 Å². The predicted molar refractivity (Wildman–Crippen MR) is 89.1 cm³/mol. The summed E-state index contributed by atoms with van der Waals surface area (Å²) >= 11 is 6.03. The number of alkyl carbamates (subject to hydrolysis) is 1. The molecule has 0 spiro atoms. The van der Waals surface area contributed by atoms with E-state index in [1.807, 2.05) is 39.0 Å². The minimum absolute atomic E-state index is 0.141. The number of halogens is 1. The van der Waals surface area contributed by atoms with Gasteiger partial charge in [0.2, 0.25) is 0 Å². The second-order valence-electron chi connectivity index (χ2n) is 6.85. The molecule has 2 rings (SSSR count). The molecule has 5 heteroatoms. The molecule has 0 radical (unpaired) electrons. The van der Waals surface area contributed by atoms with Gasteiger partial charge in [-0.05, 0) is 57.9 Å². The first-order chi connectivity index (χ1) is 10.3. The standard InChI is InChI=1S/C17H25ClN2O2/c1-17(2,3)22-16(21)19-15-8-5-9-20(12-15)11-13-6-4-7-14(18)10-13/h4,6-7,10,15H,5,8-9,11-12H2,1-3H3,(H,19,21). The van der Waals surface area contributed by atoms with Gasteiger partial charge in [0, 0.05) is 24.2 Å². The van der Waals surface area contributed by atoms with E-state index >= 15 is 0 Å². The summed E-state index contributed by atoms with van der Waals surface area (Å²) in [7, 11) is 0. The number of benzene rings is 1. The molecule has 1 unspecified atom stereocenters. The van der Waals surface area contributed by atoms with Crippen molar-refractivity contribution in [3.63, 3.8) is 0 Å². The van der Waals surface area contributed by atoms with Crippen LogP contribution in [0.2, 0.25) is 5.02 Å². The number of hydrogen-bond acceptors (Lipinski definition) is 3. The quantitative estimate of drug-likeness (QED) is 0.918. The van der Waals surface area contributed by atoms with Gasteiger partial charge < -0.3 is 10.1 Å². The van der Waals surface area contributed by atoms with E-state index < -0.39 is 5.60 Å². The number of piperidine rings is 1. The summed E-state index contributed by atoms with van der Waals surface area (Å²) in [5, 5.41) is 3.74. The summed E-state index contributed by atoms with van der Waals surface area (Å²) in [4.78, 5) is 14.2. The van der Waals surface area contributed by atoms with Gasteiger partial charge in [-0.1, -0.05) is 23.7 Å². The number of hydrogen-bond donors (Lipinski definition) is 1. The Kier molecular flexibility index (Phi) is 5.70. The van der Waals surface area contributed by atoms with Crippen molar-refractivity contribution in [1.82, 2.24) is 10.2 Å². The monoisotopic (exact) mass is 324 g/mol. The predicted octanol–water partition coefficient (Wildman–Crippen LogP) is 3.83. The number of ether oxygens (including phenoxy) is 1. The molecule has 0 aliphatic carbocycles. The van der Waals surface area contributed by atoms with Crippen molar-refractivity contribution in [3.05, 3.63) is 34.9 Å². The maximum Gasteiger partial charge on any atom is 0.407 e. The molecule has 1 aliphatic rings. The van der Waals surface area contributed by atoms with Gasteiger partial charge in [0.1, 0.15) is 5.60 Å². The smallest absolute Gasteiger partial charge is 0.407 e. The fourth-order valence-corrected chi connectivity index (χ4v) is 2.90. The van der Waals surface area contributed by atoms with E-state index in [0.29, 0.717) is 0 Å². The summed E-state index contributed by atoms with van der Waals surface area (Å²) in [6.07, 6.45) is 1.73. The zero-order valence-electron chi connectivity index (χ0n) is 13.6. The Balaban J connectivity index is 1.85. The molecule has 1 atom stereocenters. The largest absolute Gasteiger partial charge is 0.444 e. The maximum atomic E-state index is 11.9. The van der Waals surface area contributed by atoms with Crippen molar-refractivity contribution < 1.29 is 9.53 Å². The van der Waals surface area contributed by atoms with Crippen molar-refractivity contribution >= 4 is 17.7 Å². The second-order valence-corrected chi connectivity index (χ2v) is 7.29. The number of nitrogens with zero attached hydrogens (tertiary/aromatic N) is 1. The first-order valence-electron chi connectivity index (χ1n) is 7.78. The molecular formula is C17H25ClN2O2. The molecule has 4 nitrogen and oxygen atoms in total. The van der Waals surface area contributed by atoms with Crippen molar-refractivity contribution in [2.45, 2.75) is 51.8 Å². The summed E-state index contributed by atoms with van der Waals surface area (Å²) in [5.41, 5.74) is 0.740. The van der Waals surface area contributed by atoms with E-state index in [0.717, 1.165) is 37.5 Å². The van der Waals surface area contributed by atoms with Crippen molar-refractivity contribution in [1.29, 1.82) is 0 Å². The van der Waals surface area contributed by atoms with Crippen LogP contribution in [0.3, 0.4) is 0 Å². The minimum Gasteiger partial charge on any atom is -0.444 e. The van der Waals surface area contributed by atoms with Gasteiger partial charge in [0.25, 0.3) is 0 Å². The van der Waals surface area contributed by atoms with Crippen LogP contribution in [-0.2, 0) is 11.3 Å².